The van der Waals surface area contributed by atoms with E-state index in [-0.39, 0.29) is 18.3 Å². The molecule has 0 bridgehead atoms. The second-order valence-corrected chi connectivity index (χ2v) is 5.35. The number of benzene rings is 2. The Kier molecular flexibility index (Phi) is 4.37. The molecular formula is C18H18FN3O2. The lowest BCUT2D eigenvalue weighted by atomic mass is 10.1. The van der Waals surface area contributed by atoms with Gasteiger partial charge in [-0.3, -0.25) is 0 Å². The van der Waals surface area contributed by atoms with Gasteiger partial charge in [0.25, 0.3) is 0 Å². The van der Waals surface area contributed by atoms with Gasteiger partial charge >= 0.3 is 0 Å². The molecule has 0 saturated heterocycles. The van der Waals surface area contributed by atoms with Gasteiger partial charge in [0.15, 0.2) is 5.96 Å². The molecule has 0 atom stereocenters. The van der Waals surface area contributed by atoms with Crippen LogP contribution < -0.4 is 15.8 Å². The van der Waals surface area contributed by atoms with E-state index in [9.17, 15) is 4.39 Å². The fraction of sp³-hybridized carbons (Fsp3) is 0.167. The highest BCUT2D eigenvalue weighted by Crippen LogP contribution is 2.26. The minimum absolute atomic E-state index is 0.259. The molecule has 24 heavy (non-hydrogen) atoms. The summed E-state index contributed by atoms with van der Waals surface area (Å²) >= 11 is 0. The number of rotatable bonds is 4. The second kappa shape index (κ2) is 6.62. The monoisotopic (exact) mass is 327 g/mol. The number of nitrogens with one attached hydrogen (secondary N) is 1. The van der Waals surface area contributed by atoms with Gasteiger partial charge in [-0.1, -0.05) is 6.07 Å². The average molecular weight is 327 g/mol. The fourth-order valence-electron chi connectivity index (χ4n) is 2.44. The van der Waals surface area contributed by atoms with Crippen molar-refractivity contribution < 1.29 is 13.5 Å². The van der Waals surface area contributed by atoms with Gasteiger partial charge in [-0.2, -0.15) is 0 Å². The van der Waals surface area contributed by atoms with Crippen molar-refractivity contribution in [2.45, 2.75) is 13.5 Å². The number of furan rings is 1. The zero-order valence-corrected chi connectivity index (χ0v) is 13.5. The number of ether oxygens (including phenoxy) is 1. The van der Waals surface area contributed by atoms with Crippen LogP contribution >= 0.6 is 0 Å². The molecule has 0 unspecified atom stereocenters. The summed E-state index contributed by atoms with van der Waals surface area (Å²) < 4.78 is 24.2. The van der Waals surface area contributed by atoms with Crippen molar-refractivity contribution >= 4 is 22.6 Å². The highest BCUT2D eigenvalue weighted by Gasteiger charge is 2.10. The summed E-state index contributed by atoms with van der Waals surface area (Å²) in [6.07, 6.45) is 0. The number of guanidine groups is 1. The summed E-state index contributed by atoms with van der Waals surface area (Å²) in [5.74, 6) is 1.35. The Morgan fingerprint density at radius 3 is 2.92 bits per heavy atom. The van der Waals surface area contributed by atoms with Crippen molar-refractivity contribution in [1.82, 2.24) is 0 Å². The normalized spacial score (nSPS) is 11.7. The van der Waals surface area contributed by atoms with E-state index in [1.165, 1.54) is 12.1 Å². The van der Waals surface area contributed by atoms with Gasteiger partial charge in [0.2, 0.25) is 0 Å². The number of aliphatic imine (C=N–C) groups is 1. The Morgan fingerprint density at radius 2 is 2.12 bits per heavy atom. The van der Waals surface area contributed by atoms with Crippen LogP contribution in [0.1, 0.15) is 11.3 Å². The Morgan fingerprint density at radius 1 is 1.29 bits per heavy atom. The largest absolute Gasteiger partial charge is 0.497 e. The number of halogens is 1. The first-order chi connectivity index (χ1) is 11.6. The summed E-state index contributed by atoms with van der Waals surface area (Å²) in [6, 6.07) is 11.8. The van der Waals surface area contributed by atoms with Crippen molar-refractivity contribution in [1.29, 1.82) is 0 Å². The van der Waals surface area contributed by atoms with E-state index in [4.69, 9.17) is 14.9 Å². The van der Waals surface area contributed by atoms with E-state index >= 15 is 0 Å². The third kappa shape index (κ3) is 3.32. The van der Waals surface area contributed by atoms with Crippen LogP contribution in [-0.2, 0) is 6.54 Å². The quantitative estimate of drug-likeness (QED) is 0.564. The molecule has 0 fully saturated rings. The molecule has 0 aliphatic heterocycles. The van der Waals surface area contributed by atoms with Gasteiger partial charge in [0.1, 0.15) is 29.5 Å². The molecule has 6 heteroatoms. The zero-order chi connectivity index (χ0) is 17.1. The van der Waals surface area contributed by atoms with E-state index in [2.05, 4.69) is 10.3 Å². The number of nitrogens with two attached hydrogens (primary N) is 1. The summed E-state index contributed by atoms with van der Waals surface area (Å²) in [5.41, 5.74) is 8.19. The number of hydrogen-bond donors (Lipinski definition) is 2. The first kappa shape index (κ1) is 15.9. The van der Waals surface area contributed by atoms with Crippen LogP contribution in [0.3, 0.4) is 0 Å². The standard InChI is InChI=1S/C18H18FN3O2/c1-11-15-8-12(19)6-7-16(15)24-17(11)10-21-18(20)22-13-4-3-5-14(9-13)23-2/h3-9H,10H2,1-2H3,(H3,20,21,22). The van der Waals surface area contributed by atoms with Gasteiger partial charge in [-0.15, -0.1) is 0 Å². The minimum Gasteiger partial charge on any atom is -0.497 e. The van der Waals surface area contributed by atoms with Crippen LogP contribution in [0.5, 0.6) is 5.75 Å². The van der Waals surface area contributed by atoms with Crippen LogP contribution in [0.15, 0.2) is 51.9 Å². The molecule has 0 aliphatic carbocycles. The van der Waals surface area contributed by atoms with Crippen LogP contribution in [0.2, 0.25) is 0 Å². The van der Waals surface area contributed by atoms with E-state index in [1.807, 2.05) is 31.2 Å². The number of methoxy groups -OCH3 is 1. The molecule has 3 N–H and O–H groups in total. The van der Waals surface area contributed by atoms with Crippen molar-refractivity contribution in [3.63, 3.8) is 0 Å². The Hall–Kier alpha value is -3.02. The zero-order valence-electron chi connectivity index (χ0n) is 13.5. The lowest BCUT2D eigenvalue weighted by Crippen LogP contribution is -2.22. The third-order valence-corrected chi connectivity index (χ3v) is 3.73. The molecule has 0 aliphatic rings. The maximum Gasteiger partial charge on any atom is 0.193 e. The fourth-order valence-corrected chi connectivity index (χ4v) is 2.44. The minimum atomic E-state index is -0.291. The molecular weight excluding hydrogens is 309 g/mol. The maximum absolute atomic E-state index is 13.3. The molecule has 1 heterocycles. The topological polar surface area (TPSA) is 72.8 Å². The summed E-state index contributed by atoms with van der Waals surface area (Å²) in [4.78, 5) is 4.28. The smallest absolute Gasteiger partial charge is 0.193 e. The number of aryl methyl sites for hydroxylation is 1. The molecule has 0 saturated carbocycles. The highest BCUT2D eigenvalue weighted by molar-refractivity contribution is 5.92. The van der Waals surface area contributed by atoms with E-state index in [0.29, 0.717) is 11.3 Å². The first-order valence-corrected chi connectivity index (χ1v) is 7.45. The Balaban J connectivity index is 1.76. The van der Waals surface area contributed by atoms with Gasteiger partial charge in [-0.25, -0.2) is 9.38 Å². The number of nitrogens with zero attached hydrogens (tertiary/aromatic N) is 1. The van der Waals surface area contributed by atoms with Gasteiger partial charge in [-0.05, 0) is 37.3 Å². The van der Waals surface area contributed by atoms with Crippen LogP contribution in [0.4, 0.5) is 10.1 Å². The molecule has 3 rings (SSSR count). The number of hydrogen-bond acceptors (Lipinski definition) is 3. The lowest BCUT2D eigenvalue weighted by molar-refractivity contribution is 0.415. The number of fused-ring (bicyclic) bond motifs is 1. The molecule has 5 nitrogen and oxygen atoms in total. The molecule has 1 aromatic heterocycles. The summed E-state index contributed by atoms with van der Waals surface area (Å²) in [7, 11) is 1.60. The Bertz CT molecular complexity index is 902. The van der Waals surface area contributed by atoms with Gasteiger partial charge in [0.05, 0.1) is 7.11 Å². The van der Waals surface area contributed by atoms with Crippen LogP contribution in [0.25, 0.3) is 11.0 Å². The van der Waals surface area contributed by atoms with Crippen molar-refractivity contribution in [2.75, 3.05) is 12.4 Å². The van der Waals surface area contributed by atoms with Crippen molar-refractivity contribution in [2.24, 2.45) is 10.7 Å². The van der Waals surface area contributed by atoms with E-state index < -0.39 is 0 Å². The Labute approximate surface area is 138 Å². The van der Waals surface area contributed by atoms with Crippen molar-refractivity contribution in [3.05, 3.63) is 59.6 Å². The molecule has 0 radical (unpaired) electrons. The summed E-state index contributed by atoms with van der Waals surface area (Å²) in [6.45, 7) is 2.15. The van der Waals surface area contributed by atoms with Crippen molar-refractivity contribution in [3.8, 4) is 5.75 Å². The average Bonchev–Trinajstić information content (AvgIpc) is 2.89. The van der Waals surface area contributed by atoms with E-state index in [1.54, 1.807) is 13.2 Å². The van der Waals surface area contributed by atoms with Crippen LogP contribution in [0, 0.1) is 12.7 Å². The molecule has 3 aromatic rings. The maximum atomic E-state index is 13.3. The van der Waals surface area contributed by atoms with E-state index in [0.717, 1.165) is 22.4 Å². The predicted octanol–water partition coefficient (Wildman–Crippen LogP) is 3.82. The molecule has 0 amide bonds. The molecule has 2 aromatic carbocycles. The first-order valence-electron chi connectivity index (χ1n) is 7.45. The second-order valence-electron chi connectivity index (χ2n) is 5.35. The highest BCUT2D eigenvalue weighted by atomic mass is 19.1. The molecule has 124 valence electrons. The lowest BCUT2D eigenvalue weighted by Gasteiger charge is -2.07. The summed E-state index contributed by atoms with van der Waals surface area (Å²) in [5, 5.41) is 3.74. The number of anilines is 1. The molecule has 0 spiro atoms. The predicted molar refractivity (Wildman–Crippen MR) is 92.9 cm³/mol. The van der Waals surface area contributed by atoms with Crippen LogP contribution in [-0.4, -0.2) is 13.1 Å². The third-order valence-electron chi connectivity index (χ3n) is 3.73. The SMILES string of the molecule is COc1cccc(NC(N)=NCc2oc3ccc(F)cc3c2C)c1. The van der Waals surface area contributed by atoms with Gasteiger partial charge in [0, 0.05) is 22.7 Å². The van der Waals surface area contributed by atoms with Gasteiger partial charge < -0.3 is 20.2 Å².